The highest BCUT2D eigenvalue weighted by Crippen LogP contribution is 2.22. The maximum absolute atomic E-state index is 5.79. The normalized spacial score (nSPS) is 17.5. The van der Waals surface area contributed by atoms with E-state index in [0.29, 0.717) is 18.5 Å². The topological polar surface area (TPSA) is 62.5 Å². The van der Waals surface area contributed by atoms with Gasteiger partial charge in [-0.3, -0.25) is 0 Å². The fourth-order valence-corrected chi connectivity index (χ4v) is 2.64. The molecule has 0 amide bonds. The molecule has 2 rings (SSSR count). The molecule has 0 aromatic carbocycles. The van der Waals surface area contributed by atoms with Crippen molar-refractivity contribution in [1.82, 2.24) is 15.6 Å². The van der Waals surface area contributed by atoms with Crippen molar-refractivity contribution in [3.05, 3.63) is 17.8 Å². The average molecular weight is 306 g/mol. The molecule has 2 N–H and O–H groups in total. The Morgan fingerprint density at radius 2 is 2.05 bits per heavy atom. The zero-order valence-corrected chi connectivity index (χ0v) is 14.4. The first-order chi connectivity index (χ1) is 10.5. The van der Waals surface area contributed by atoms with Crippen molar-refractivity contribution >= 4 is 5.96 Å². The molecule has 124 valence electrons. The SMILES string of the molecule is CCNC(=NCc1ncc(C(C)(C)C)o1)NC1CCCCC1. The van der Waals surface area contributed by atoms with E-state index in [4.69, 9.17) is 4.42 Å². The largest absolute Gasteiger partial charge is 0.443 e. The summed E-state index contributed by atoms with van der Waals surface area (Å²) in [7, 11) is 0. The molecule has 0 radical (unpaired) electrons. The molecule has 1 aromatic rings. The Balaban J connectivity index is 1.95. The summed E-state index contributed by atoms with van der Waals surface area (Å²) < 4.78 is 5.79. The number of nitrogens with zero attached hydrogens (tertiary/aromatic N) is 2. The van der Waals surface area contributed by atoms with Gasteiger partial charge in [0.15, 0.2) is 5.96 Å². The number of aromatic nitrogens is 1. The standard InChI is InChI=1S/C17H30N4O/c1-5-18-16(21-13-9-7-6-8-10-13)20-12-15-19-11-14(22-15)17(2,3)4/h11,13H,5-10,12H2,1-4H3,(H2,18,20,21). The molecule has 0 atom stereocenters. The molecule has 1 fully saturated rings. The lowest BCUT2D eigenvalue weighted by molar-refractivity contribution is 0.382. The summed E-state index contributed by atoms with van der Waals surface area (Å²) in [6, 6.07) is 0.543. The van der Waals surface area contributed by atoms with Crippen molar-refractivity contribution < 1.29 is 4.42 Å². The molecule has 5 nitrogen and oxygen atoms in total. The fourth-order valence-electron chi connectivity index (χ4n) is 2.64. The first kappa shape index (κ1) is 16.8. The molecule has 22 heavy (non-hydrogen) atoms. The van der Waals surface area contributed by atoms with Crippen LogP contribution < -0.4 is 10.6 Å². The van der Waals surface area contributed by atoms with Gasteiger partial charge in [0.1, 0.15) is 12.3 Å². The van der Waals surface area contributed by atoms with Gasteiger partial charge in [-0.05, 0) is 19.8 Å². The smallest absolute Gasteiger partial charge is 0.216 e. The Bertz CT molecular complexity index is 481. The van der Waals surface area contributed by atoms with Crippen LogP contribution in [-0.2, 0) is 12.0 Å². The highest BCUT2D eigenvalue weighted by molar-refractivity contribution is 5.80. The highest BCUT2D eigenvalue weighted by Gasteiger charge is 2.19. The molecule has 1 aliphatic carbocycles. The Labute approximate surface area is 134 Å². The van der Waals surface area contributed by atoms with Gasteiger partial charge in [0.25, 0.3) is 0 Å². The first-order valence-electron chi connectivity index (χ1n) is 8.49. The maximum Gasteiger partial charge on any atom is 0.216 e. The van der Waals surface area contributed by atoms with Crippen molar-refractivity contribution in [3.63, 3.8) is 0 Å². The van der Waals surface area contributed by atoms with Gasteiger partial charge < -0.3 is 15.1 Å². The lowest BCUT2D eigenvalue weighted by atomic mass is 9.94. The lowest BCUT2D eigenvalue weighted by Crippen LogP contribution is -2.44. The van der Waals surface area contributed by atoms with E-state index >= 15 is 0 Å². The van der Waals surface area contributed by atoms with Gasteiger partial charge in [-0.1, -0.05) is 40.0 Å². The van der Waals surface area contributed by atoms with Crippen LogP contribution in [0, 0.1) is 0 Å². The first-order valence-corrected chi connectivity index (χ1v) is 8.49. The summed E-state index contributed by atoms with van der Waals surface area (Å²) >= 11 is 0. The summed E-state index contributed by atoms with van der Waals surface area (Å²) in [5.41, 5.74) is -0.0141. The van der Waals surface area contributed by atoms with Crippen LogP contribution >= 0.6 is 0 Å². The molecule has 1 aromatic heterocycles. The Morgan fingerprint density at radius 1 is 1.32 bits per heavy atom. The Kier molecular flexibility index (Phi) is 5.86. The Hall–Kier alpha value is -1.52. The average Bonchev–Trinajstić information content (AvgIpc) is 2.95. The minimum atomic E-state index is -0.0141. The zero-order chi connectivity index (χ0) is 16.0. The third kappa shape index (κ3) is 5.04. The van der Waals surface area contributed by atoms with Crippen molar-refractivity contribution in [1.29, 1.82) is 0 Å². The number of hydrogen-bond acceptors (Lipinski definition) is 3. The molecule has 5 heteroatoms. The number of aliphatic imine (C=N–C) groups is 1. The van der Waals surface area contributed by atoms with E-state index in [1.807, 2.05) is 6.20 Å². The van der Waals surface area contributed by atoms with Crippen molar-refractivity contribution in [2.45, 2.75) is 77.8 Å². The molecule has 0 bridgehead atoms. The van der Waals surface area contributed by atoms with Gasteiger partial charge in [0.05, 0.1) is 6.20 Å². The highest BCUT2D eigenvalue weighted by atomic mass is 16.4. The number of rotatable bonds is 4. The van der Waals surface area contributed by atoms with Crippen LogP contribution in [0.5, 0.6) is 0 Å². The maximum atomic E-state index is 5.79. The summed E-state index contributed by atoms with van der Waals surface area (Å²) in [5.74, 6) is 2.44. The van der Waals surface area contributed by atoms with E-state index in [1.54, 1.807) is 0 Å². The molecule has 0 spiro atoms. The van der Waals surface area contributed by atoms with Crippen LogP contribution in [0.15, 0.2) is 15.6 Å². The third-order valence-corrected chi connectivity index (χ3v) is 3.96. The van der Waals surface area contributed by atoms with Crippen LogP contribution in [0.1, 0.15) is 71.5 Å². The summed E-state index contributed by atoms with van der Waals surface area (Å²) in [6.07, 6.45) is 8.26. The van der Waals surface area contributed by atoms with Gasteiger partial charge in [-0.15, -0.1) is 0 Å². The summed E-state index contributed by atoms with van der Waals surface area (Å²) in [6.45, 7) is 9.77. The van der Waals surface area contributed by atoms with Gasteiger partial charge in [0.2, 0.25) is 5.89 Å². The van der Waals surface area contributed by atoms with Crippen LogP contribution in [-0.4, -0.2) is 23.5 Å². The van der Waals surface area contributed by atoms with Crippen molar-refractivity contribution in [2.75, 3.05) is 6.54 Å². The molecule has 0 saturated heterocycles. The Morgan fingerprint density at radius 3 is 2.64 bits per heavy atom. The number of oxazole rings is 1. The zero-order valence-electron chi connectivity index (χ0n) is 14.4. The van der Waals surface area contributed by atoms with E-state index < -0.39 is 0 Å². The van der Waals surface area contributed by atoms with E-state index in [-0.39, 0.29) is 5.41 Å². The quantitative estimate of drug-likeness (QED) is 0.661. The van der Waals surface area contributed by atoms with Crippen LogP contribution in [0.3, 0.4) is 0 Å². The minimum Gasteiger partial charge on any atom is -0.443 e. The number of nitrogens with one attached hydrogen (secondary N) is 2. The number of guanidine groups is 1. The molecular formula is C17H30N4O. The molecule has 0 aliphatic heterocycles. The molecule has 1 saturated carbocycles. The second-order valence-electron chi connectivity index (χ2n) is 7.04. The van der Waals surface area contributed by atoms with Gasteiger partial charge >= 0.3 is 0 Å². The molecule has 0 unspecified atom stereocenters. The van der Waals surface area contributed by atoms with E-state index in [0.717, 1.165) is 18.3 Å². The second kappa shape index (κ2) is 7.65. The van der Waals surface area contributed by atoms with Crippen LogP contribution in [0.4, 0.5) is 0 Å². The third-order valence-electron chi connectivity index (χ3n) is 3.96. The van der Waals surface area contributed by atoms with E-state index in [1.165, 1.54) is 32.1 Å². The predicted molar refractivity (Wildman–Crippen MR) is 90.0 cm³/mol. The van der Waals surface area contributed by atoms with Crippen LogP contribution in [0.25, 0.3) is 0 Å². The van der Waals surface area contributed by atoms with Gasteiger partial charge in [-0.2, -0.15) is 0 Å². The predicted octanol–water partition coefficient (Wildman–Crippen LogP) is 3.36. The molecule has 1 aliphatic rings. The molecular weight excluding hydrogens is 276 g/mol. The summed E-state index contributed by atoms with van der Waals surface area (Å²) in [5, 5.41) is 6.84. The summed E-state index contributed by atoms with van der Waals surface area (Å²) in [4.78, 5) is 8.94. The lowest BCUT2D eigenvalue weighted by Gasteiger charge is -2.24. The monoisotopic (exact) mass is 306 g/mol. The van der Waals surface area contributed by atoms with Crippen molar-refractivity contribution in [2.24, 2.45) is 4.99 Å². The van der Waals surface area contributed by atoms with Gasteiger partial charge in [0, 0.05) is 18.0 Å². The van der Waals surface area contributed by atoms with Crippen LogP contribution in [0.2, 0.25) is 0 Å². The van der Waals surface area contributed by atoms with E-state index in [2.05, 4.69) is 48.3 Å². The fraction of sp³-hybridized carbons (Fsp3) is 0.765. The van der Waals surface area contributed by atoms with Crippen molar-refractivity contribution in [3.8, 4) is 0 Å². The molecule has 1 heterocycles. The van der Waals surface area contributed by atoms with E-state index in [9.17, 15) is 0 Å². The van der Waals surface area contributed by atoms with Gasteiger partial charge in [-0.25, -0.2) is 9.98 Å². The number of hydrogen-bond donors (Lipinski definition) is 2. The second-order valence-corrected chi connectivity index (χ2v) is 7.04. The minimum absolute atomic E-state index is 0.0141.